The Morgan fingerprint density at radius 1 is 1.12 bits per heavy atom. The van der Waals surface area contributed by atoms with E-state index < -0.39 is 0 Å². The molecular weight excluding hydrogens is 511 g/mol. The molecule has 0 heterocycles. The molecule has 0 aliphatic rings. The monoisotopic (exact) mass is 526 g/mol. The van der Waals surface area contributed by atoms with E-state index in [1.807, 2.05) is 37.3 Å². The number of aryl methyl sites for hydroxylation is 2. The van der Waals surface area contributed by atoms with Crippen LogP contribution in [0.5, 0.6) is 0 Å². The van der Waals surface area contributed by atoms with Crippen molar-refractivity contribution in [3.8, 4) is 0 Å². The van der Waals surface area contributed by atoms with Gasteiger partial charge in [0.2, 0.25) is 0 Å². The summed E-state index contributed by atoms with van der Waals surface area (Å²) < 4.78 is 0. The van der Waals surface area contributed by atoms with E-state index in [0.717, 1.165) is 0 Å². The molecule has 16 heavy (non-hydrogen) atoms. The van der Waals surface area contributed by atoms with Crippen molar-refractivity contribution in [2.75, 3.05) is 0 Å². The van der Waals surface area contributed by atoms with E-state index in [0.29, 0.717) is 0 Å². The van der Waals surface area contributed by atoms with Crippen LogP contribution in [-0.2, 0) is 23.0 Å². The van der Waals surface area contributed by atoms with Crippen LogP contribution in [-0.4, -0.2) is 6.94 Å². The Kier molecular flexibility index (Phi) is 21.6. The van der Waals surface area contributed by atoms with Crippen LogP contribution in [0.15, 0.2) is 48.5 Å². The Bertz CT molecular complexity index is 284. The predicted octanol–water partition coefficient (Wildman–Crippen LogP) is -3.48. The fraction of sp³-hybridized carbons (Fsp3) is 0.167. The summed E-state index contributed by atoms with van der Waals surface area (Å²) in [6.45, 7) is 6.24. The molecule has 4 heteroatoms. The first-order valence-corrected chi connectivity index (χ1v) is 12.8. The molecule has 0 fully saturated rings. The maximum atomic E-state index is 2.12. The maximum Gasteiger partial charge on any atom is -0.172 e. The maximum absolute atomic E-state index is 2.12. The van der Waals surface area contributed by atoms with Crippen molar-refractivity contribution in [3.63, 3.8) is 0 Å². The summed E-state index contributed by atoms with van der Waals surface area (Å²) in [5.41, 5.74) is 2.78. The van der Waals surface area contributed by atoms with E-state index in [2.05, 4.69) is 32.0 Å². The van der Waals surface area contributed by atoms with E-state index in [4.69, 9.17) is 0 Å². The van der Waals surface area contributed by atoms with Crippen molar-refractivity contribution in [2.45, 2.75) is 13.8 Å². The quantitative estimate of drug-likeness (QED) is 0.247. The third kappa shape index (κ3) is 11.2. The Morgan fingerprint density at radius 2 is 1.62 bits per heavy atom. The molecule has 0 amide bonds. The zero-order valence-corrected chi connectivity index (χ0v) is 17.8. The largest absolute Gasteiger partial charge is 0.214 e. The summed E-state index contributed by atoms with van der Waals surface area (Å²) in [4.78, 5) is 0. The number of halogens is 2. The van der Waals surface area contributed by atoms with Crippen LogP contribution in [0.2, 0.25) is 0 Å². The van der Waals surface area contributed by atoms with Crippen molar-refractivity contribution < 1.29 is 57.0 Å². The second-order valence-corrected chi connectivity index (χ2v) is 2.85. The Balaban J connectivity index is -0.000000169. The van der Waals surface area contributed by atoms with E-state index in [9.17, 15) is 0 Å². The predicted molar refractivity (Wildman–Crippen MR) is 62.1 cm³/mol. The van der Waals surface area contributed by atoms with Gasteiger partial charge in [-0.3, -0.25) is 0 Å². The molecule has 0 saturated heterocycles. The van der Waals surface area contributed by atoms with Crippen LogP contribution < -0.4 is 34.0 Å². The molecule has 2 aromatic carbocycles. The number of hydrogen-bond acceptors (Lipinski definition) is 0. The third-order valence-electron chi connectivity index (χ3n) is 1.87. The molecule has 0 bridgehead atoms. The molecule has 0 atom stereocenters. The van der Waals surface area contributed by atoms with Gasteiger partial charge in [-0.2, -0.15) is 35.4 Å². The fourth-order valence-corrected chi connectivity index (χ4v) is 0.920. The summed E-state index contributed by atoms with van der Waals surface area (Å²) in [5, 5.41) is 0. The summed E-state index contributed by atoms with van der Waals surface area (Å²) in [6, 6.07) is 16.3. The molecule has 0 nitrogen and oxygen atoms in total. The van der Waals surface area contributed by atoms with Gasteiger partial charge < -0.3 is 34.0 Å². The normalized spacial score (nSPS) is 7.00. The molecule has 0 aromatic heterocycles. The van der Waals surface area contributed by atoms with Crippen LogP contribution >= 0.6 is 0 Å². The molecule has 0 N–H and O–H groups in total. The molecule has 0 unspecified atom stereocenters. The summed E-state index contributed by atoms with van der Waals surface area (Å²) in [7, 11) is 0. The van der Waals surface area contributed by atoms with Crippen molar-refractivity contribution in [2.24, 2.45) is 0 Å². The van der Waals surface area contributed by atoms with E-state index in [-0.39, 0.29) is 34.0 Å². The van der Waals surface area contributed by atoms with Gasteiger partial charge in [-0.05, 0) is 0 Å². The zero-order chi connectivity index (χ0) is 10.8. The number of rotatable bonds is 0. The van der Waals surface area contributed by atoms with Gasteiger partial charge in [0, 0.05) is 0 Å². The SMILES string of the molecule is Cc1ccc[c-]1C.[Br-].[Br-].[SiH2]=[Hf+2].c1cc[cH-]c1. The molecule has 2 aromatic rings. The molecular formula is C12H16Br2HfSi-2. The van der Waals surface area contributed by atoms with Crippen molar-refractivity contribution in [1.82, 2.24) is 0 Å². The Labute approximate surface area is 136 Å². The van der Waals surface area contributed by atoms with Crippen LogP contribution in [0.1, 0.15) is 11.1 Å². The molecule has 2 rings (SSSR count). The second-order valence-electron chi connectivity index (χ2n) is 2.85. The minimum Gasteiger partial charge on any atom is -0.214 e. The van der Waals surface area contributed by atoms with Crippen molar-refractivity contribution in [3.05, 3.63) is 59.7 Å². The minimum atomic E-state index is 0. The van der Waals surface area contributed by atoms with Gasteiger partial charge in [0.1, 0.15) is 0 Å². The Hall–Kier alpha value is 0.747. The number of hydrogen-bond donors (Lipinski definition) is 0. The standard InChI is InChI=1S/C7H9.C5H5.2BrH.Hf.H2Si/c1-6-4-3-5-7(6)2;1-2-4-5-3-1;;;;/h3-5H,1-2H3;1-5H;2*1H;;1H2/q2*-1;;;+2;/p-2. The summed E-state index contributed by atoms with van der Waals surface area (Å²) in [5.74, 6) is 0. The first-order chi connectivity index (χ1) is 6.80. The summed E-state index contributed by atoms with van der Waals surface area (Å²) in [6.07, 6.45) is 0. The van der Waals surface area contributed by atoms with Gasteiger partial charge in [-0.25, -0.2) is 24.3 Å². The van der Waals surface area contributed by atoms with Gasteiger partial charge in [0.25, 0.3) is 0 Å². The molecule has 0 aliphatic carbocycles. The van der Waals surface area contributed by atoms with Gasteiger partial charge >= 0.3 is 29.9 Å². The smallest absolute Gasteiger partial charge is 0.172 e. The van der Waals surface area contributed by atoms with Crippen molar-refractivity contribution in [1.29, 1.82) is 0 Å². The average Bonchev–Trinajstić information content (AvgIpc) is 2.86. The van der Waals surface area contributed by atoms with Crippen LogP contribution in [0.4, 0.5) is 0 Å². The first-order valence-electron chi connectivity index (χ1n) is 4.51. The zero-order valence-electron chi connectivity index (χ0n) is 9.58. The van der Waals surface area contributed by atoms with Gasteiger partial charge in [-0.1, -0.05) is 13.8 Å². The topological polar surface area (TPSA) is 0 Å². The summed E-state index contributed by atoms with van der Waals surface area (Å²) >= 11 is 1.33. The fourth-order valence-electron chi connectivity index (χ4n) is 0.920. The Morgan fingerprint density at radius 3 is 1.75 bits per heavy atom. The molecule has 0 radical (unpaired) electrons. The molecule has 0 saturated carbocycles. The molecule has 88 valence electrons. The van der Waals surface area contributed by atoms with E-state index in [1.54, 1.807) is 0 Å². The molecule has 0 spiro atoms. The second kappa shape index (κ2) is 15.7. The minimum absolute atomic E-state index is 0. The van der Waals surface area contributed by atoms with E-state index in [1.165, 1.54) is 34.1 Å². The van der Waals surface area contributed by atoms with Crippen LogP contribution in [0, 0.1) is 13.8 Å². The average molecular weight is 527 g/mol. The first kappa shape index (κ1) is 22.0. The van der Waals surface area contributed by atoms with E-state index >= 15 is 0 Å². The van der Waals surface area contributed by atoms with Gasteiger partial charge in [-0.15, -0.1) is 0 Å². The molecule has 0 aliphatic heterocycles. The van der Waals surface area contributed by atoms with Gasteiger partial charge in [0.05, 0.1) is 0 Å². The van der Waals surface area contributed by atoms with Gasteiger partial charge in [0.15, 0.2) is 0 Å². The van der Waals surface area contributed by atoms with Crippen molar-refractivity contribution >= 4 is 6.94 Å². The van der Waals surface area contributed by atoms with Crippen LogP contribution in [0.25, 0.3) is 0 Å². The van der Waals surface area contributed by atoms with Crippen LogP contribution in [0.3, 0.4) is 0 Å². The third-order valence-corrected chi connectivity index (χ3v) is 1.87.